The molecule has 1 aromatic rings. The summed E-state index contributed by atoms with van der Waals surface area (Å²) in [7, 11) is 0. The van der Waals surface area contributed by atoms with Crippen molar-refractivity contribution < 1.29 is 14.7 Å². The van der Waals surface area contributed by atoms with Crippen LogP contribution < -0.4 is 5.32 Å². The summed E-state index contributed by atoms with van der Waals surface area (Å²) in [5, 5.41) is 17.8. The quantitative estimate of drug-likeness (QED) is 0.694. The minimum Gasteiger partial charge on any atom is -0.480 e. The predicted molar refractivity (Wildman–Crippen MR) is 64.9 cm³/mol. The molecule has 0 fully saturated rings. The molecule has 1 rings (SSSR count). The molecule has 0 aliphatic carbocycles. The number of carboxylic acids is 1. The molecule has 0 bridgehead atoms. The van der Waals surface area contributed by atoms with Crippen molar-refractivity contribution >= 4 is 12.0 Å². The highest BCUT2D eigenvalue weighted by Crippen LogP contribution is 2.00. The molecule has 3 N–H and O–H groups in total. The average molecular weight is 254 g/mol. The van der Waals surface area contributed by atoms with Crippen molar-refractivity contribution in [2.24, 2.45) is 5.92 Å². The molecule has 0 spiro atoms. The van der Waals surface area contributed by atoms with E-state index < -0.39 is 5.97 Å². The van der Waals surface area contributed by atoms with Gasteiger partial charge in [-0.05, 0) is 5.92 Å². The Balaban J connectivity index is 2.50. The molecule has 0 aromatic carbocycles. The Morgan fingerprint density at radius 1 is 1.56 bits per heavy atom. The van der Waals surface area contributed by atoms with Gasteiger partial charge in [0, 0.05) is 24.8 Å². The number of aromatic nitrogens is 2. The lowest BCUT2D eigenvalue weighted by atomic mass is 10.2. The molecule has 0 atom stereocenters. The van der Waals surface area contributed by atoms with Gasteiger partial charge in [-0.25, -0.2) is 4.79 Å². The van der Waals surface area contributed by atoms with Crippen molar-refractivity contribution in [3.8, 4) is 0 Å². The Hall–Kier alpha value is -2.05. The number of hydrogen-bond acceptors (Lipinski definition) is 3. The van der Waals surface area contributed by atoms with E-state index >= 15 is 0 Å². The van der Waals surface area contributed by atoms with Crippen LogP contribution in [0.1, 0.15) is 19.4 Å². The van der Waals surface area contributed by atoms with Crippen LogP contribution in [-0.2, 0) is 11.3 Å². The van der Waals surface area contributed by atoms with E-state index in [1.165, 1.54) is 4.90 Å². The lowest BCUT2D eigenvalue weighted by Gasteiger charge is -2.22. The number of nitrogens with zero attached hydrogens (tertiary/aromatic N) is 2. The molecule has 0 unspecified atom stereocenters. The van der Waals surface area contributed by atoms with Gasteiger partial charge in [-0.1, -0.05) is 13.8 Å². The van der Waals surface area contributed by atoms with Gasteiger partial charge in [0.15, 0.2) is 0 Å². The van der Waals surface area contributed by atoms with Crippen molar-refractivity contribution in [2.75, 3.05) is 13.1 Å². The van der Waals surface area contributed by atoms with Gasteiger partial charge in [-0.15, -0.1) is 0 Å². The Morgan fingerprint density at radius 3 is 2.78 bits per heavy atom. The summed E-state index contributed by atoms with van der Waals surface area (Å²) in [5.41, 5.74) is 0.836. The number of aromatic amines is 1. The largest absolute Gasteiger partial charge is 0.480 e. The molecule has 2 amide bonds. The van der Waals surface area contributed by atoms with E-state index in [9.17, 15) is 9.59 Å². The van der Waals surface area contributed by atoms with Crippen LogP contribution in [0.2, 0.25) is 0 Å². The third-order valence-corrected chi connectivity index (χ3v) is 2.20. The number of nitrogens with one attached hydrogen (secondary N) is 2. The van der Waals surface area contributed by atoms with E-state index in [0.717, 1.165) is 5.56 Å². The summed E-state index contributed by atoms with van der Waals surface area (Å²) in [6.07, 6.45) is 3.27. The fraction of sp³-hybridized carbons (Fsp3) is 0.545. The van der Waals surface area contributed by atoms with E-state index in [-0.39, 0.29) is 18.5 Å². The van der Waals surface area contributed by atoms with Crippen LogP contribution >= 0.6 is 0 Å². The second-order valence-corrected chi connectivity index (χ2v) is 4.43. The molecule has 1 heterocycles. The number of carbonyl (C=O) groups is 2. The van der Waals surface area contributed by atoms with Crippen LogP contribution in [0.5, 0.6) is 0 Å². The maximum Gasteiger partial charge on any atom is 0.323 e. The molecule has 100 valence electrons. The molecule has 18 heavy (non-hydrogen) atoms. The Bertz CT molecular complexity index is 389. The van der Waals surface area contributed by atoms with Crippen molar-refractivity contribution in [1.82, 2.24) is 20.4 Å². The second-order valence-electron chi connectivity index (χ2n) is 4.43. The predicted octanol–water partition coefficient (Wildman–Crippen LogP) is 0.662. The van der Waals surface area contributed by atoms with E-state index in [1.54, 1.807) is 12.4 Å². The van der Waals surface area contributed by atoms with Gasteiger partial charge in [0.25, 0.3) is 0 Å². The van der Waals surface area contributed by atoms with Crippen molar-refractivity contribution in [1.29, 1.82) is 0 Å². The number of carbonyl (C=O) groups excluding carboxylic acids is 1. The summed E-state index contributed by atoms with van der Waals surface area (Å²) in [6, 6.07) is -0.382. The van der Waals surface area contributed by atoms with Gasteiger partial charge < -0.3 is 15.3 Å². The fourth-order valence-corrected chi connectivity index (χ4v) is 1.49. The molecule has 0 saturated carbocycles. The topological polar surface area (TPSA) is 98.3 Å². The minimum absolute atomic E-state index is 0.212. The molecule has 0 aliphatic rings. The molecule has 7 heteroatoms. The smallest absolute Gasteiger partial charge is 0.323 e. The minimum atomic E-state index is -1.02. The van der Waals surface area contributed by atoms with E-state index in [2.05, 4.69) is 15.5 Å². The third kappa shape index (κ3) is 4.86. The lowest BCUT2D eigenvalue weighted by Crippen LogP contribution is -2.44. The van der Waals surface area contributed by atoms with Gasteiger partial charge in [-0.3, -0.25) is 9.89 Å². The number of amides is 2. The maximum absolute atomic E-state index is 11.8. The average Bonchev–Trinajstić information content (AvgIpc) is 2.76. The number of urea groups is 1. The molecule has 7 nitrogen and oxygen atoms in total. The highest BCUT2D eigenvalue weighted by molar-refractivity contribution is 5.80. The van der Waals surface area contributed by atoms with Gasteiger partial charge in [0.05, 0.1) is 6.20 Å². The summed E-state index contributed by atoms with van der Waals surface area (Å²) < 4.78 is 0. The molecule has 0 radical (unpaired) electrons. The first-order valence-corrected chi connectivity index (χ1v) is 5.71. The van der Waals surface area contributed by atoms with E-state index in [4.69, 9.17) is 5.11 Å². The zero-order chi connectivity index (χ0) is 13.5. The molecular weight excluding hydrogens is 236 g/mol. The summed E-state index contributed by atoms with van der Waals surface area (Å²) >= 11 is 0. The fourth-order valence-electron chi connectivity index (χ4n) is 1.49. The Kier molecular flexibility index (Phi) is 5.16. The normalized spacial score (nSPS) is 10.4. The van der Waals surface area contributed by atoms with Gasteiger partial charge in [-0.2, -0.15) is 5.10 Å². The number of carboxylic acid groups (broad SMARTS) is 1. The molecule has 1 aromatic heterocycles. The van der Waals surface area contributed by atoms with Gasteiger partial charge >= 0.3 is 12.0 Å². The molecule has 0 saturated heterocycles. The summed E-state index contributed by atoms with van der Waals surface area (Å²) in [6.45, 7) is 4.29. The van der Waals surface area contributed by atoms with Crippen LogP contribution in [0.25, 0.3) is 0 Å². The Morgan fingerprint density at radius 2 is 2.28 bits per heavy atom. The summed E-state index contributed by atoms with van der Waals surface area (Å²) in [4.78, 5) is 23.8. The highest BCUT2D eigenvalue weighted by Gasteiger charge is 2.17. The standard InChI is InChI=1S/C11H18N4O3/c1-8(2)6-15(7-10(16)17)11(18)12-3-9-4-13-14-5-9/h4-5,8H,3,6-7H2,1-2H3,(H,12,18)(H,13,14)(H,16,17). The molecular formula is C11H18N4O3. The maximum atomic E-state index is 11.8. The van der Waals surface area contributed by atoms with Crippen molar-refractivity contribution in [2.45, 2.75) is 20.4 Å². The monoisotopic (exact) mass is 254 g/mol. The zero-order valence-corrected chi connectivity index (χ0v) is 10.5. The SMILES string of the molecule is CC(C)CN(CC(=O)O)C(=O)NCc1cn[nH]c1. The number of hydrogen-bond donors (Lipinski definition) is 3. The van der Waals surface area contributed by atoms with Crippen LogP contribution in [0.3, 0.4) is 0 Å². The second kappa shape index (κ2) is 6.63. The number of aliphatic carboxylic acids is 1. The first kappa shape index (κ1) is 14.0. The third-order valence-electron chi connectivity index (χ3n) is 2.20. The van der Waals surface area contributed by atoms with E-state index in [1.807, 2.05) is 13.8 Å². The van der Waals surface area contributed by atoms with Crippen LogP contribution in [0.4, 0.5) is 4.79 Å². The van der Waals surface area contributed by atoms with Gasteiger partial charge in [0.2, 0.25) is 0 Å². The first-order valence-electron chi connectivity index (χ1n) is 5.71. The van der Waals surface area contributed by atoms with Crippen molar-refractivity contribution in [3.63, 3.8) is 0 Å². The number of rotatable bonds is 6. The van der Waals surface area contributed by atoms with Crippen LogP contribution in [-0.4, -0.2) is 45.3 Å². The summed E-state index contributed by atoms with van der Waals surface area (Å²) in [5.74, 6) is -0.807. The zero-order valence-electron chi connectivity index (χ0n) is 10.5. The first-order chi connectivity index (χ1) is 8.49. The van der Waals surface area contributed by atoms with Crippen LogP contribution in [0.15, 0.2) is 12.4 Å². The number of H-pyrrole nitrogens is 1. The lowest BCUT2D eigenvalue weighted by molar-refractivity contribution is -0.137. The van der Waals surface area contributed by atoms with Crippen LogP contribution in [0, 0.1) is 5.92 Å². The van der Waals surface area contributed by atoms with Crippen molar-refractivity contribution in [3.05, 3.63) is 18.0 Å². The highest BCUT2D eigenvalue weighted by atomic mass is 16.4. The molecule has 0 aliphatic heterocycles. The van der Waals surface area contributed by atoms with Gasteiger partial charge in [0.1, 0.15) is 6.54 Å². The van der Waals surface area contributed by atoms with E-state index in [0.29, 0.717) is 13.1 Å². The Labute approximate surface area is 105 Å².